The fourth-order valence-corrected chi connectivity index (χ4v) is 1.91. The van der Waals surface area contributed by atoms with E-state index in [0.29, 0.717) is 16.9 Å². The molecule has 0 saturated heterocycles. The second-order valence-corrected chi connectivity index (χ2v) is 4.78. The Balaban J connectivity index is 2.08. The molecular weight excluding hydrogens is 297 g/mol. The van der Waals surface area contributed by atoms with Crippen molar-refractivity contribution in [3.63, 3.8) is 0 Å². The molecule has 0 radical (unpaired) electrons. The maximum atomic E-state index is 12.8. The molecular formula is C17H16FN3O2. The number of hydrogen-bond donors (Lipinski definition) is 2. The van der Waals surface area contributed by atoms with E-state index in [9.17, 15) is 14.0 Å². The highest BCUT2D eigenvalue weighted by Gasteiger charge is 2.18. The quantitative estimate of drug-likeness (QED) is 0.855. The fraction of sp³-hybridized carbons (Fsp3) is 0.0588. The van der Waals surface area contributed by atoms with Crippen molar-refractivity contribution in [2.75, 3.05) is 10.6 Å². The van der Waals surface area contributed by atoms with Gasteiger partial charge in [-0.2, -0.15) is 0 Å². The molecule has 3 amide bonds. The molecule has 0 aliphatic rings. The molecule has 0 heterocycles. The summed E-state index contributed by atoms with van der Waals surface area (Å²) < 4.78 is 12.8. The Bertz CT molecular complexity index is 725. The van der Waals surface area contributed by atoms with Gasteiger partial charge in [0.1, 0.15) is 5.82 Å². The largest absolute Gasteiger partial charge is 0.399 e. The summed E-state index contributed by atoms with van der Waals surface area (Å²) in [5.74, 6) is -0.764. The van der Waals surface area contributed by atoms with E-state index in [0.717, 1.165) is 4.90 Å². The van der Waals surface area contributed by atoms with Gasteiger partial charge in [-0.3, -0.25) is 4.79 Å². The highest BCUT2D eigenvalue weighted by Crippen LogP contribution is 2.16. The molecule has 2 rings (SSSR count). The molecule has 0 aliphatic heterocycles. The Hall–Kier alpha value is -3.15. The minimum atomic E-state index is -0.597. The molecule has 0 saturated carbocycles. The summed E-state index contributed by atoms with van der Waals surface area (Å²) in [4.78, 5) is 24.9. The monoisotopic (exact) mass is 313 g/mol. The Kier molecular flexibility index (Phi) is 5.09. The average molecular weight is 313 g/mol. The number of carbonyl (C=O) groups excluding carboxylic acids is 2. The second-order valence-electron chi connectivity index (χ2n) is 4.78. The molecule has 3 N–H and O–H groups in total. The number of nitrogens with one attached hydrogen (secondary N) is 1. The predicted molar refractivity (Wildman–Crippen MR) is 88.0 cm³/mol. The van der Waals surface area contributed by atoms with Gasteiger partial charge in [-0.15, -0.1) is 0 Å². The molecule has 0 atom stereocenters. The Labute approximate surface area is 133 Å². The number of urea groups is 1. The third-order valence-corrected chi connectivity index (χ3v) is 3.02. The number of halogens is 1. The van der Waals surface area contributed by atoms with E-state index < -0.39 is 11.9 Å². The number of carbonyl (C=O) groups is 2. The van der Waals surface area contributed by atoms with E-state index in [1.165, 1.54) is 25.3 Å². The van der Waals surface area contributed by atoms with Crippen LogP contribution in [-0.4, -0.2) is 11.9 Å². The summed E-state index contributed by atoms with van der Waals surface area (Å²) in [5, 5.41) is 2.50. The highest BCUT2D eigenvalue weighted by molar-refractivity contribution is 6.13. The smallest absolute Gasteiger partial charge is 0.332 e. The van der Waals surface area contributed by atoms with Crippen LogP contribution in [0.3, 0.4) is 0 Å². The van der Waals surface area contributed by atoms with Gasteiger partial charge in [-0.1, -0.05) is 12.1 Å². The van der Waals surface area contributed by atoms with Gasteiger partial charge in [0.2, 0.25) is 5.91 Å². The number of amides is 3. The van der Waals surface area contributed by atoms with Crippen LogP contribution in [0.5, 0.6) is 0 Å². The van der Waals surface area contributed by atoms with Crippen LogP contribution in [0.2, 0.25) is 0 Å². The minimum Gasteiger partial charge on any atom is -0.399 e. The lowest BCUT2D eigenvalue weighted by Crippen LogP contribution is -2.40. The van der Waals surface area contributed by atoms with Gasteiger partial charge in [-0.05, 0) is 48.0 Å². The van der Waals surface area contributed by atoms with Crippen LogP contribution in [0.25, 0.3) is 6.08 Å². The van der Waals surface area contributed by atoms with Crippen molar-refractivity contribution in [3.8, 4) is 0 Å². The van der Waals surface area contributed by atoms with Gasteiger partial charge in [-0.25, -0.2) is 14.1 Å². The van der Waals surface area contributed by atoms with E-state index in [2.05, 4.69) is 5.32 Å². The molecule has 0 fully saturated rings. The van der Waals surface area contributed by atoms with E-state index in [-0.39, 0.29) is 5.82 Å². The van der Waals surface area contributed by atoms with Crippen molar-refractivity contribution < 1.29 is 14.0 Å². The first-order valence-corrected chi connectivity index (χ1v) is 6.86. The third kappa shape index (κ3) is 4.41. The normalized spacial score (nSPS) is 10.5. The highest BCUT2D eigenvalue weighted by atomic mass is 19.1. The number of hydrogen-bond acceptors (Lipinski definition) is 3. The first-order chi connectivity index (χ1) is 11.0. The van der Waals surface area contributed by atoms with Gasteiger partial charge in [0.05, 0.1) is 5.69 Å². The Morgan fingerprint density at radius 3 is 2.26 bits per heavy atom. The molecule has 2 aromatic rings. The van der Waals surface area contributed by atoms with Crippen molar-refractivity contribution in [2.24, 2.45) is 0 Å². The summed E-state index contributed by atoms with van der Waals surface area (Å²) in [6.07, 6.45) is 2.99. The number of rotatable bonds is 3. The number of nitrogens with zero attached hydrogens (tertiary/aromatic N) is 1. The van der Waals surface area contributed by atoms with Gasteiger partial charge < -0.3 is 11.1 Å². The van der Waals surface area contributed by atoms with Gasteiger partial charge in [0, 0.05) is 18.8 Å². The predicted octanol–water partition coefficient (Wildman–Crippen LogP) is 3.14. The minimum absolute atomic E-state index is 0.336. The zero-order chi connectivity index (χ0) is 16.8. The van der Waals surface area contributed by atoms with Crippen LogP contribution in [0.1, 0.15) is 12.5 Å². The van der Waals surface area contributed by atoms with Crippen molar-refractivity contribution in [2.45, 2.75) is 6.92 Å². The molecule has 5 nitrogen and oxygen atoms in total. The summed E-state index contributed by atoms with van der Waals surface area (Å²) in [6.45, 7) is 1.29. The first kappa shape index (κ1) is 16.2. The van der Waals surface area contributed by atoms with Gasteiger partial charge in [0.25, 0.3) is 0 Å². The van der Waals surface area contributed by atoms with Crippen LogP contribution < -0.4 is 16.0 Å². The average Bonchev–Trinajstić information content (AvgIpc) is 2.51. The standard InChI is InChI=1S/C17H16FN3O2/c1-12(22)21(16-8-6-15(19)7-9-16)17(23)20-11-10-13-2-4-14(18)5-3-13/h2-11H,19H2,1H3,(H,20,23)/b11-10+. The SMILES string of the molecule is CC(=O)N(C(=O)N/C=C/c1ccc(F)cc1)c1ccc(N)cc1. The Morgan fingerprint density at radius 1 is 1.09 bits per heavy atom. The second kappa shape index (κ2) is 7.22. The van der Waals surface area contributed by atoms with Crippen molar-refractivity contribution in [1.82, 2.24) is 5.32 Å². The lowest BCUT2D eigenvalue weighted by Gasteiger charge is -2.18. The third-order valence-electron chi connectivity index (χ3n) is 3.02. The maximum absolute atomic E-state index is 12.8. The van der Waals surface area contributed by atoms with Gasteiger partial charge >= 0.3 is 6.03 Å². The summed E-state index contributed by atoms with van der Waals surface area (Å²) in [7, 11) is 0. The van der Waals surface area contributed by atoms with Crippen LogP contribution >= 0.6 is 0 Å². The number of imide groups is 1. The van der Waals surface area contributed by atoms with Crippen molar-refractivity contribution in [3.05, 3.63) is 66.1 Å². The van der Waals surface area contributed by atoms with Crippen molar-refractivity contribution in [1.29, 1.82) is 0 Å². The molecule has 0 spiro atoms. The molecule has 2 aromatic carbocycles. The summed E-state index contributed by atoms with van der Waals surface area (Å²) in [5.41, 5.74) is 7.26. The summed E-state index contributed by atoms with van der Waals surface area (Å²) >= 11 is 0. The van der Waals surface area contributed by atoms with Crippen LogP contribution in [-0.2, 0) is 4.79 Å². The molecule has 6 heteroatoms. The molecule has 0 bridgehead atoms. The molecule has 0 aromatic heterocycles. The van der Waals surface area contributed by atoms with Gasteiger partial charge in [0.15, 0.2) is 0 Å². The van der Waals surface area contributed by atoms with E-state index in [1.54, 1.807) is 42.5 Å². The fourth-order valence-electron chi connectivity index (χ4n) is 1.91. The van der Waals surface area contributed by atoms with E-state index >= 15 is 0 Å². The number of nitrogens with two attached hydrogens (primary N) is 1. The number of benzene rings is 2. The first-order valence-electron chi connectivity index (χ1n) is 6.86. The van der Waals surface area contributed by atoms with E-state index in [4.69, 9.17) is 5.73 Å². The van der Waals surface area contributed by atoms with Crippen LogP contribution in [0, 0.1) is 5.82 Å². The lowest BCUT2D eigenvalue weighted by atomic mass is 10.2. The molecule has 23 heavy (non-hydrogen) atoms. The summed E-state index contributed by atoms with van der Waals surface area (Å²) in [6, 6.07) is 11.6. The molecule has 0 aliphatic carbocycles. The number of anilines is 2. The Morgan fingerprint density at radius 2 is 1.70 bits per heavy atom. The maximum Gasteiger partial charge on any atom is 0.332 e. The number of nitrogen functional groups attached to an aromatic ring is 1. The molecule has 118 valence electrons. The van der Waals surface area contributed by atoms with Crippen LogP contribution in [0.15, 0.2) is 54.7 Å². The lowest BCUT2D eigenvalue weighted by molar-refractivity contribution is -0.115. The van der Waals surface area contributed by atoms with Crippen LogP contribution in [0.4, 0.5) is 20.6 Å². The topological polar surface area (TPSA) is 75.4 Å². The van der Waals surface area contributed by atoms with Crippen molar-refractivity contribution >= 4 is 29.4 Å². The van der Waals surface area contributed by atoms with E-state index in [1.807, 2.05) is 0 Å². The zero-order valence-corrected chi connectivity index (χ0v) is 12.5. The zero-order valence-electron chi connectivity index (χ0n) is 12.5. The molecule has 0 unspecified atom stereocenters.